The van der Waals surface area contributed by atoms with Gasteiger partial charge < -0.3 is 25.0 Å². The van der Waals surface area contributed by atoms with E-state index in [1.165, 1.54) is 12.3 Å². The molecule has 0 fully saturated rings. The van der Waals surface area contributed by atoms with Crippen molar-refractivity contribution in [3.8, 4) is 28.7 Å². The molecule has 3 N–H and O–H groups in total. The van der Waals surface area contributed by atoms with Gasteiger partial charge in [0.15, 0.2) is 0 Å². The Balaban J connectivity index is 1.61. The smallest absolute Gasteiger partial charge is 0.337 e. The van der Waals surface area contributed by atoms with Crippen LogP contribution in [0.5, 0.6) is 11.5 Å². The summed E-state index contributed by atoms with van der Waals surface area (Å²) >= 11 is 0. The molecule has 0 bridgehead atoms. The first kappa shape index (κ1) is 25.7. The molecule has 182 valence electrons. The number of aliphatic hydroxyl groups is 1. The lowest BCUT2D eigenvalue weighted by Crippen LogP contribution is -2.46. The van der Waals surface area contributed by atoms with E-state index >= 15 is 0 Å². The van der Waals surface area contributed by atoms with Gasteiger partial charge in [0, 0.05) is 30.0 Å². The van der Waals surface area contributed by atoms with Crippen molar-refractivity contribution in [2.45, 2.75) is 31.9 Å². The molecule has 0 aliphatic rings. The summed E-state index contributed by atoms with van der Waals surface area (Å²) in [7, 11) is 1.63. The molecule has 0 unspecified atom stereocenters. The minimum atomic E-state index is -1.07. The number of nitrogens with zero attached hydrogens (tertiary/aromatic N) is 2. The number of aliphatic hydroxyl groups excluding tert-OH is 1. The molecular formula is C27H29N3O5. The van der Waals surface area contributed by atoms with Crippen molar-refractivity contribution in [2.75, 3.05) is 20.3 Å². The number of hydrogen-bond donors (Lipinski definition) is 3. The normalized spacial score (nSPS) is 12.0. The van der Waals surface area contributed by atoms with Crippen LogP contribution >= 0.6 is 0 Å². The SMILES string of the molecule is COc1ccc(CC(C)(C)NC[C@@H](O)COc2cc(-c3cncc(C(=O)O)c3)ccc2C#N)cc1. The molecule has 1 aromatic heterocycles. The predicted molar refractivity (Wildman–Crippen MR) is 132 cm³/mol. The van der Waals surface area contributed by atoms with E-state index in [4.69, 9.17) is 9.47 Å². The van der Waals surface area contributed by atoms with Crippen LogP contribution in [0.3, 0.4) is 0 Å². The van der Waals surface area contributed by atoms with Gasteiger partial charge in [0.1, 0.15) is 30.3 Å². The highest BCUT2D eigenvalue weighted by atomic mass is 16.5. The first-order valence-electron chi connectivity index (χ1n) is 11.1. The molecule has 3 rings (SSSR count). The lowest BCUT2D eigenvalue weighted by molar-refractivity contribution is 0.0696. The number of carboxylic acid groups (broad SMARTS) is 1. The maximum absolute atomic E-state index is 11.2. The number of methoxy groups -OCH3 is 1. The van der Waals surface area contributed by atoms with Crippen LogP contribution in [0.4, 0.5) is 0 Å². The highest BCUT2D eigenvalue weighted by Gasteiger charge is 2.20. The van der Waals surface area contributed by atoms with Crippen molar-refractivity contribution in [2.24, 2.45) is 0 Å². The molecule has 1 heterocycles. The number of rotatable bonds is 11. The molecule has 0 aliphatic carbocycles. The molecule has 3 aromatic rings. The standard InChI is InChI=1S/C27H29N3O5/c1-27(2,12-18-4-8-24(34-3)9-5-18)30-16-23(31)17-35-25-11-19(6-7-20(25)13-28)21-10-22(26(32)33)15-29-14-21/h4-11,14-15,23,30-31H,12,16-17H2,1-3H3,(H,32,33)/t23-/m1/s1. The van der Waals surface area contributed by atoms with Crippen LogP contribution in [0.15, 0.2) is 60.9 Å². The monoisotopic (exact) mass is 475 g/mol. The third-order valence-corrected chi connectivity index (χ3v) is 5.47. The third-order valence-electron chi connectivity index (χ3n) is 5.47. The number of carboxylic acids is 1. The molecule has 2 aromatic carbocycles. The van der Waals surface area contributed by atoms with Crippen LogP contribution in [-0.2, 0) is 6.42 Å². The molecule has 0 spiro atoms. The number of nitrogens with one attached hydrogen (secondary N) is 1. The van der Waals surface area contributed by atoms with Crippen molar-refractivity contribution < 1.29 is 24.5 Å². The number of ether oxygens (including phenoxy) is 2. The Labute approximate surface area is 204 Å². The Morgan fingerprint density at radius 2 is 1.89 bits per heavy atom. The van der Waals surface area contributed by atoms with Crippen molar-refractivity contribution >= 4 is 5.97 Å². The zero-order chi connectivity index (χ0) is 25.4. The van der Waals surface area contributed by atoms with E-state index in [9.17, 15) is 20.3 Å². The van der Waals surface area contributed by atoms with E-state index in [-0.39, 0.29) is 17.7 Å². The lowest BCUT2D eigenvalue weighted by atomic mass is 9.94. The largest absolute Gasteiger partial charge is 0.497 e. The van der Waals surface area contributed by atoms with Crippen molar-refractivity contribution in [1.82, 2.24) is 10.3 Å². The maximum atomic E-state index is 11.2. The summed E-state index contributed by atoms with van der Waals surface area (Å²) in [5.41, 5.74) is 2.50. The van der Waals surface area contributed by atoms with E-state index in [1.807, 2.05) is 24.3 Å². The minimum absolute atomic E-state index is 0.0167. The quantitative estimate of drug-likeness (QED) is 0.384. The van der Waals surface area contributed by atoms with Crippen molar-refractivity contribution in [3.63, 3.8) is 0 Å². The zero-order valence-corrected chi connectivity index (χ0v) is 20.0. The topological polar surface area (TPSA) is 125 Å². The Hall–Kier alpha value is -3.93. The van der Waals surface area contributed by atoms with Gasteiger partial charge in [0.2, 0.25) is 0 Å². The fraction of sp³-hybridized carbons (Fsp3) is 0.296. The van der Waals surface area contributed by atoms with Gasteiger partial charge in [-0.25, -0.2) is 4.79 Å². The van der Waals surface area contributed by atoms with Crippen LogP contribution in [-0.4, -0.2) is 53.1 Å². The second kappa shape index (κ2) is 11.5. The Kier molecular flexibility index (Phi) is 8.42. The first-order chi connectivity index (χ1) is 16.7. The number of pyridine rings is 1. The van der Waals surface area contributed by atoms with Crippen LogP contribution in [0.1, 0.15) is 35.3 Å². The Morgan fingerprint density at radius 1 is 1.14 bits per heavy atom. The summed E-state index contributed by atoms with van der Waals surface area (Å²) in [5.74, 6) is 0.0380. The van der Waals surface area contributed by atoms with Gasteiger partial charge in [0.25, 0.3) is 0 Å². The van der Waals surface area contributed by atoms with Gasteiger partial charge in [-0.05, 0) is 61.7 Å². The highest BCUT2D eigenvalue weighted by molar-refractivity contribution is 5.89. The number of nitriles is 1. The average Bonchev–Trinajstić information content (AvgIpc) is 2.86. The summed E-state index contributed by atoms with van der Waals surface area (Å²) in [6.07, 6.45) is 2.76. The molecule has 8 nitrogen and oxygen atoms in total. The molecule has 0 amide bonds. The van der Waals surface area contributed by atoms with Gasteiger partial charge in [0.05, 0.1) is 18.2 Å². The average molecular weight is 476 g/mol. The van der Waals surface area contributed by atoms with E-state index < -0.39 is 12.1 Å². The molecule has 0 radical (unpaired) electrons. The first-order valence-corrected chi connectivity index (χ1v) is 11.1. The Morgan fingerprint density at radius 3 is 2.54 bits per heavy atom. The molecule has 0 saturated heterocycles. The van der Waals surface area contributed by atoms with E-state index in [0.29, 0.717) is 29.0 Å². The molecule has 1 atom stereocenters. The molecular weight excluding hydrogens is 446 g/mol. The number of aromatic carboxylic acids is 1. The minimum Gasteiger partial charge on any atom is -0.497 e. The van der Waals surface area contributed by atoms with Crippen LogP contribution in [0, 0.1) is 11.3 Å². The predicted octanol–water partition coefficient (Wildman–Crippen LogP) is 3.68. The van der Waals surface area contributed by atoms with Crippen LogP contribution in [0.2, 0.25) is 0 Å². The number of hydrogen-bond acceptors (Lipinski definition) is 7. The lowest BCUT2D eigenvalue weighted by Gasteiger charge is -2.28. The van der Waals surface area contributed by atoms with Gasteiger partial charge in [-0.15, -0.1) is 0 Å². The van der Waals surface area contributed by atoms with E-state index in [2.05, 4.69) is 30.2 Å². The molecule has 8 heteroatoms. The molecule has 35 heavy (non-hydrogen) atoms. The van der Waals surface area contributed by atoms with Crippen LogP contribution < -0.4 is 14.8 Å². The summed E-state index contributed by atoms with van der Waals surface area (Å²) < 4.78 is 11.0. The van der Waals surface area contributed by atoms with Gasteiger partial charge in [-0.1, -0.05) is 18.2 Å². The zero-order valence-electron chi connectivity index (χ0n) is 20.0. The fourth-order valence-electron chi connectivity index (χ4n) is 3.58. The summed E-state index contributed by atoms with van der Waals surface area (Å²) in [6.45, 7) is 4.40. The fourth-order valence-corrected chi connectivity index (χ4v) is 3.58. The van der Waals surface area contributed by atoms with Gasteiger partial charge in [-0.2, -0.15) is 5.26 Å². The van der Waals surface area contributed by atoms with Gasteiger partial charge in [-0.3, -0.25) is 4.98 Å². The summed E-state index contributed by atoms with van der Waals surface area (Å²) in [6, 6.07) is 16.4. The van der Waals surface area contributed by atoms with E-state index in [1.54, 1.807) is 31.5 Å². The maximum Gasteiger partial charge on any atom is 0.337 e. The molecule has 0 aliphatic heterocycles. The second-order valence-corrected chi connectivity index (χ2v) is 8.84. The number of β-amino-alcohol motifs (C(OH)–C–C–N with tert-alkyl or cyclic N) is 1. The van der Waals surface area contributed by atoms with Gasteiger partial charge >= 0.3 is 5.97 Å². The third kappa shape index (κ3) is 7.27. The van der Waals surface area contributed by atoms with Crippen molar-refractivity contribution in [1.29, 1.82) is 5.26 Å². The van der Waals surface area contributed by atoms with E-state index in [0.717, 1.165) is 17.7 Å². The number of benzene rings is 2. The number of aromatic nitrogens is 1. The van der Waals surface area contributed by atoms with Crippen molar-refractivity contribution in [3.05, 3.63) is 77.6 Å². The second-order valence-electron chi connectivity index (χ2n) is 8.84. The summed E-state index contributed by atoms with van der Waals surface area (Å²) in [5, 5.41) is 32.5. The number of carbonyl (C=O) groups is 1. The summed E-state index contributed by atoms with van der Waals surface area (Å²) in [4.78, 5) is 15.2. The Bertz CT molecular complexity index is 1200. The molecule has 0 saturated carbocycles. The van der Waals surface area contributed by atoms with Crippen LogP contribution in [0.25, 0.3) is 11.1 Å². The highest BCUT2D eigenvalue weighted by Crippen LogP contribution is 2.27.